The van der Waals surface area contributed by atoms with Gasteiger partial charge in [-0.25, -0.2) is 4.39 Å². The standard InChI is InChI=1S/C23H24FN3O3S/c1-15-19(16(2)30-26-15)14-31-22-6-4-3-5-18(22)23(28)25-17-7-8-21(20(24)13-17)27-9-11-29-12-10-27/h3-8,13H,9-12,14H2,1-2H3,(H,25,28). The van der Waals surface area contributed by atoms with E-state index in [0.717, 1.165) is 21.9 Å². The van der Waals surface area contributed by atoms with Gasteiger partial charge in [-0.2, -0.15) is 0 Å². The quantitative estimate of drug-likeness (QED) is 0.554. The molecule has 2 aromatic carbocycles. The van der Waals surface area contributed by atoms with Crippen LogP contribution in [-0.2, 0) is 10.5 Å². The van der Waals surface area contributed by atoms with E-state index in [4.69, 9.17) is 9.26 Å². The second-order valence-electron chi connectivity index (χ2n) is 7.31. The summed E-state index contributed by atoms with van der Waals surface area (Å²) in [7, 11) is 0. The Bertz CT molecular complexity index is 1060. The molecule has 4 rings (SSSR count). The van der Waals surface area contributed by atoms with Gasteiger partial charge in [-0.3, -0.25) is 4.79 Å². The molecule has 1 N–H and O–H groups in total. The van der Waals surface area contributed by atoms with Gasteiger partial charge in [0.2, 0.25) is 0 Å². The number of hydrogen-bond donors (Lipinski definition) is 1. The van der Waals surface area contributed by atoms with E-state index in [1.165, 1.54) is 6.07 Å². The van der Waals surface area contributed by atoms with Crippen LogP contribution in [0.2, 0.25) is 0 Å². The maximum absolute atomic E-state index is 14.7. The van der Waals surface area contributed by atoms with Crippen molar-refractivity contribution in [1.82, 2.24) is 5.16 Å². The third kappa shape index (κ3) is 4.91. The molecule has 0 unspecified atom stereocenters. The minimum absolute atomic E-state index is 0.277. The number of morpholine rings is 1. The molecule has 6 nitrogen and oxygen atoms in total. The van der Waals surface area contributed by atoms with Crippen molar-refractivity contribution in [3.8, 4) is 0 Å². The lowest BCUT2D eigenvalue weighted by molar-refractivity contribution is 0.102. The normalized spacial score (nSPS) is 14.0. The van der Waals surface area contributed by atoms with Gasteiger partial charge in [0.25, 0.3) is 5.91 Å². The van der Waals surface area contributed by atoms with Gasteiger partial charge < -0.3 is 19.5 Å². The molecule has 1 fully saturated rings. The number of anilines is 2. The van der Waals surface area contributed by atoms with E-state index in [1.807, 2.05) is 36.9 Å². The van der Waals surface area contributed by atoms with Crippen LogP contribution in [0.5, 0.6) is 0 Å². The fourth-order valence-electron chi connectivity index (χ4n) is 3.48. The first-order chi connectivity index (χ1) is 15.0. The number of hydrogen-bond acceptors (Lipinski definition) is 6. The first-order valence-corrected chi connectivity index (χ1v) is 11.1. The lowest BCUT2D eigenvalue weighted by Crippen LogP contribution is -2.36. The summed E-state index contributed by atoms with van der Waals surface area (Å²) in [5.41, 5.74) is 3.36. The Morgan fingerprint density at radius 1 is 1.19 bits per heavy atom. The largest absolute Gasteiger partial charge is 0.378 e. The number of amides is 1. The van der Waals surface area contributed by atoms with Gasteiger partial charge in [-0.05, 0) is 44.2 Å². The summed E-state index contributed by atoms with van der Waals surface area (Å²) in [6.45, 7) is 6.25. The molecule has 1 aromatic heterocycles. The predicted molar refractivity (Wildman–Crippen MR) is 119 cm³/mol. The van der Waals surface area contributed by atoms with E-state index < -0.39 is 0 Å². The van der Waals surface area contributed by atoms with Crippen LogP contribution in [0.15, 0.2) is 51.9 Å². The highest BCUT2D eigenvalue weighted by atomic mass is 32.2. The van der Waals surface area contributed by atoms with Gasteiger partial charge in [0.05, 0.1) is 30.2 Å². The lowest BCUT2D eigenvalue weighted by atomic mass is 10.2. The van der Waals surface area contributed by atoms with Gasteiger partial charge in [0, 0.05) is 35.0 Å². The molecule has 0 spiro atoms. The fourth-order valence-corrected chi connectivity index (χ4v) is 4.68. The van der Waals surface area contributed by atoms with E-state index in [9.17, 15) is 9.18 Å². The summed E-state index contributed by atoms with van der Waals surface area (Å²) < 4.78 is 25.2. The van der Waals surface area contributed by atoms with Gasteiger partial charge in [-0.1, -0.05) is 17.3 Å². The maximum Gasteiger partial charge on any atom is 0.256 e. The minimum Gasteiger partial charge on any atom is -0.378 e. The van der Waals surface area contributed by atoms with Crippen molar-refractivity contribution in [1.29, 1.82) is 0 Å². The Morgan fingerprint density at radius 2 is 1.97 bits per heavy atom. The second kappa shape index (κ2) is 9.53. The van der Waals surface area contributed by atoms with Crippen molar-refractivity contribution in [3.63, 3.8) is 0 Å². The number of carbonyl (C=O) groups is 1. The zero-order valence-electron chi connectivity index (χ0n) is 17.5. The van der Waals surface area contributed by atoms with Crippen LogP contribution in [-0.4, -0.2) is 37.4 Å². The van der Waals surface area contributed by atoms with Gasteiger partial charge >= 0.3 is 0 Å². The highest BCUT2D eigenvalue weighted by Gasteiger charge is 2.18. The molecule has 2 heterocycles. The summed E-state index contributed by atoms with van der Waals surface area (Å²) in [6, 6.07) is 12.2. The summed E-state index contributed by atoms with van der Waals surface area (Å²) in [6.07, 6.45) is 0. The number of nitrogens with zero attached hydrogens (tertiary/aromatic N) is 2. The van der Waals surface area contributed by atoms with Crippen molar-refractivity contribution in [2.45, 2.75) is 24.5 Å². The number of aromatic nitrogens is 1. The molecule has 0 aliphatic carbocycles. The monoisotopic (exact) mass is 441 g/mol. The first kappa shape index (κ1) is 21.4. The molecule has 1 aliphatic heterocycles. The minimum atomic E-state index is -0.360. The average Bonchev–Trinajstić information content (AvgIpc) is 3.10. The SMILES string of the molecule is Cc1noc(C)c1CSc1ccccc1C(=O)Nc1ccc(N2CCOCC2)c(F)c1. The zero-order chi connectivity index (χ0) is 21.8. The fraction of sp³-hybridized carbons (Fsp3) is 0.304. The summed E-state index contributed by atoms with van der Waals surface area (Å²) in [5, 5.41) is 6.80. The number of ether oxygens (including phenoxy) is 1. The van der Waals surface area contributed by atoms with Crippen molar-refractivity contribution < 1.29 is 18.4 Å². The van der Waals surface area contributed by atoms with E-state index in [1.54, 1.807) is 30.0 Å². The Kier molecular flexibility index (Phi) is 6.58. The molecule has 0 bridgehead atoms. The third-order valence-electron chi connectivity index (χ3n) is 5.24. The predicted octanol–water partition coefficient (Wildman–Crippen LogP) is 4.81. The Morgan fingerprint density at radius 3 is 2.68 bits per heavy atom. The van der Waals surface area contributed by atoms with Crippen LogP contribution in [0.1, 0.15) is 27.4 Å². The van der Waals surface area contributed by atoms with Crippen LogP contribution < -0.4 is 10.2 Å². The molecule has 1 saturated heterocycles. The average molecular weight is 442 g/mol. The lowest BCUT2D eigenvalue weighted by Gasteiger charge is -2.29. The molecule has 0 atom stereocenters. The molecule has 0 saturated carbocycles. The molecule has 3 aromatic rings. The molecule has 1 aliphatic rings. The number of aryl methyl sites for hydroxylation is 2. The third-order valence-corrected chi connectivity index (χ3v) is 6.34. The van der Waals surface area contributed by atoms with E-state index in [2.05, 4.69) is 10.5 Å². The van der Waals surface area contributed by atoms with E-state index >= 15 is 0 Å². The topological polar surface area (TPSA) is 67.6 Å². The summed E-state index contributed by atoms with van der Waals surface area (Å²) in [5.74, 6) is 0.790. The van der Waals surface area contributed by atoms with Crippen LogP contribution in [0.4, 0.5) is 15.8 Å². The van der Waals surface area contributed by atoms with Gasteiger partial charge in [-0.15, -0.1) is 11.8 Å². The number of benzene rings is 2. The Labute approximate surface area is 184 Å². The molecule has 162 valence electrons. The summed E-state index contributed by atoms with van der Waals surface area (Å²) >= 11 is 1.54. The molecule has 31 heavy (non-hydrogen) atoms. The van der Waals surface area contributed by atoms with E-state index in [0.29, 0.717) is 49.0 Å². The first-order valence-electron chi connectivity index (χ1n) is 10.1. The Balaban J connectivity index is 1.47. The van der Waals surface area contributed by atoms with Crippen molar-refractivity contribution >= 4 is 29.0 Å². The highest BCUT2D eigenvalue weighted by molar-refractivity contribution is 7.98. The van der Waals surface area contributed by atoms with E-state index in [-0.39, 0.29) is 11.7 Å². The highest BCUT2D eigenvalue weighted by Crippen LogP contribution is 2.30. The molecular formula is C23H24FN3O3S. The molecule has 8 heteroatoms. The molecule has 0 radical (unpaired) electrons. The number of rotatable bonds is 6. The number of thioether (sulfide) groups is 1. The summed E-state index contributed by atoms with van der Waals surface area (Å²) in [4.78, 5) is 15.7. The number of halogens is 1. The smallest absolute Gasteiger partial charge is 0.256 e. The van der Waals surface area contributed by atoms with Gasteiger partial charge in [0.15, 0.2) is 0 Å². The van der Waals surface area contributed by atoms with Crippen LogP contribution in [0.25, 0.3) is 0 Å². The number of carbonyl (C=O) groups excluding carboxylic acids is 1. The van der Waals surface area contributed by atoms with Gasteiger partial charge in [0.1, 0.15) is 11.6 Å². The van der Waals surface area contributed by atoms with Crippen molar-refractivity contribution in [2.24, 2.45) is 0 Å². The second-order valence-corrected chi connectivity index (χ2v) is 8.32. The van der Waals surface area contributed by atoms with Crippen LogP contribution >= 0.6 is 11.8 Å². The van der Waals surface area contributed by atoms with Crippen molar-refractivity contribution in [3.05, 3.63) is 70.9 Å². The molecular weight excluding hydrogens is 417 g/mol. The molecule has 1 amide bonds. The number of nitrogens with one attached hydrogen (secondary N) is 1. The Hall–Kier alpha value is -2.84. The zero-order valence-corrected chi connectivity index (χ0v) is 18.3. The van der Waals surface area contributed by atoms with Crippen molar-refractivity contribution in [2.75, 3.05) is 36.5 Å². The van der Waals surface area contributed by atoms with Crippen LogP contribution in [0.3, 0.4) is 0 Å². The maximum atomic E-state index is 14.7. The van der Waals surface area contributed by atoms with Crippen LogP contribution in [0, 0.1) is 19.7 Å².